The summed E-state index contributed by atoms with van der Waals surface area (Å²) in [6.07, 6.45) is 6.22. The summed E-state index contributed by atoms with van der Waals surface area (Å²) in [7, 11) is 4.14. The highest BCUT2D eigenvalue weighted by atomic mass is 16.2. The van der Waals surface area contributed by atoms with Crippen LogP contribution >= 0.6 is 0 Å². The third-order valence-electron chi connectivity index (χ3n) is 4.43. The van der Waals surface area contributed by atoms with Gasteiger partial charge in [-0.05, 0) is 57.1 Å². The van der Waals surface area contributed by atoms with E-state index in [2.05, 4.69) is 46.4 Å². The van der Waals surface area contributed by atoms with Crippen LogP contribution in [0.25, 0.3) is 0 Å². The first kappa shape index (κ1) is 17.4. The van der Waals surface area contributed by atoms with Crippen LogP contribution in [-0.4, -0.2) is 54.0 Å². The molecule has 0 saturated carbocycles. The molecule has 0 aliphatic carbocycles. The number of carbonyl (C=O) groups is 1. The Hall–Kier alpha value is -2.47. The molecule has 1 amide bonds. The van der Waals surface area contributed by atoms with Crippen LogP contribution in [0.3, 0.4) is 0 Å². The molecule has 0 spiro atoms. The second-order valence-electron chi connectivity index (χ2n) is 6.64. The first-order valence-electron chi connectivity index (χ1n) is 8.71. The number of nitrogens with zero attached hydrogens (tertiary/aromatic N) is 4. The van der Waals surface area contributed by atoms with E-state index < -0.39 is 0 Å². The molecule has 2 heterocycles. The number of hydrogen-bond acceptors (Lipinski definition) is 5. The van der Waals surface area contributed by atoms with Gasteiger partial charge in [-0.3, -0.25) is 4.79 Å². The molecule has 0 radical (unpaired) electrons. The van der Waals surface area contributed by atoms with Crippen molar-refractivity contribution in [1.82, 2.24) is 14.9 Å². The van der Waals surface area contributed by atoms with Crippen molar-refractivity contribution in [3.8, 4) is 0 Å². The van der Waals surface area contributed by atoms with Gasteiger partial charge in [0.05, 0.1) is 0 Å². The number of anilines is 2. The summed E-state index contributed by atoms with van der Waals surface area (Å²) in [5.41, 5.74) is 2.10. The molecule has 25 heavy (non-hydrogen) atoms. The summed E-state index contributed by atoms with van der Waals surface area (Å²) >= 11 is 0. The van der Waals surface area contributed by atoms with E-state index in [-0.39, 0.29) is 11.9 Å². The van der Waals surface area contributed by atoms with Gasteiger partial charge in [-0.1, -0.05) is 12.1 Å². The normalized spacial score (nSPS) is 17.1. The highest BCUT2D eigenvalue weighted by Crippen LogP contribution is 2.23. The minimum atomic E-state index is -0.212. The Balaban J connectivity index is 1.61. The van der Waals surface area contributed by atoms with Crippen LogP contribution in [0.15, 0.2) is 42.7 Å². The van der Waals surface area contributed by atoms with Crippen molar-refractivity contribution < 1.29 is 4.79 Å². The quantitative estimate of drug-likeness (QED) is 0.874. The minimum absolute atomic E-state index is 0.00555. The van der Waals surface area contributed by atoms with Crippen LogP contribution < -0.4 is 10.2 Å². The SMILES string of the molecule is CN(C)CCc1ccc(NC(=O)C2CCCN2c2ncccn2)cc1. The molecule has 1 N–H and O–H groups in total. The summed E-state index contributed by atoms with van der Waals surface area (Å²) in [5, 5.41) is 3.03. The van der Waals surface area contributed by atoms with Gasteiger partial charge >= 0.3 is 0 Å². The topological polar surface area (TPSA) is 61.4 Å². The summed E-state index contributed by atoms with van der Waals surface area (Å²) in [5.74, 6) is 0.630. The summed E-state index contributed by atoms with van der Waals surface area (Å²) in [6, 6.07) is 9.67. The Labute approximate surface area is 148 Å². The molecule has 0 bridgehead atoms. The molecule has 1 aromatic heterocycles. The smallest absolute Gasteiger partial charge is 0.247 e. The van der Waals surface area contributed by atoms with Crippen LogP contribution in [0, 0.1) is 0 Å². The maximum Gasteiger partial charge on any atom is 0.247 e. The molecule has 2 aromatic rings. The van der Waals surface area contributed by atoms with Gasteiger partial charge < -0.3 is 15.1 Å². The van der Waals surface area contributed by atoms with E-state index in [4.69, 9.17) is 0 Å². The lowest BCUT2D eigenvalue weighted by molar-refractivity contribution is -0.117. The van der Waals surface area contributed by atoms with Crippen molar-refractivity contribution in [3.63, 3.8) is 0 Å². The second kappa shape index (κ2) is 8.07. The number of rotatable bonds is 6. The third-order valence-corrected chi connectivity index (χ3v) is 4.43. The van der Waals surface area contributed by atoms with E-state index in [1.807, 2.05) is 17.0 Å². The highest BCUT2D eigenvalue weighted by molar-refractivity contribution is 5.97. The molecule has 6 nitrogen and oxygen atoms in total. The van der Waals surface area contributed by atoms with Gasteiger partial charge in [0.2, 0.25) is 11.9 Å². The van der Waals surface area contributed by atoms with Gasteiger partial charge in [0.15, 0.2) is 0 Å². The average molecular weight is 339 g/mol. The fourth-order valence-electron chi connectivity index (χ4n) is 3.05. The zero-order chi connectivity index (χ0) is 17.6. The van der Waals surface area contributed by atoms with E-state index >= 15 is 0 Å². The molecule has 6 heteroatoms. The van der Waals surface area contributed by atoms with E-state index in [1.54, 1.807) is 18.5 Å². The Kier molecular flexibility index (Phi) is 5.60. The van der Waals surface area contributed by atoms with Gasteiger partial charge in [-0.25, -0.2) is 9.97 Å². The second-order valence-corrected chi connectivity index (χ2v) is 6.64. The van der Waals surface area contributed by atoms with Crippen molar-refractivity contribution in [1.29, 1.82) is 0 Å². The lowest BCUT2D eigenvalue weighted by Crippen LogP contribution is -2.40. The molecule has 1 unspecified atom stereocenters. The summed E-state index contributed by atoms with van der Waals surface area (Å²) < 4.78 is 0. The molecule has 1 atom stereocenters. The van der Waals surface area contributed by atoms with E-state index in [1.165, 1.54) is 5.56 Å². The molecular weight excluding hydrogens is 314 g/mol. The maximum absolute atomic E-state index is 12.7. The Morgan fingerprint density at radius 2 is 1.96 bits per heavy atom. The highest BCUT2D eigenvalue weighted by Gasteiger charge is 2.32. The summed E-state index contributed by atoms with van der Waals surface area (Å²) in [4.78, 5) is 25.4. The first-order chi connectivity index (χ1) is 12.1. The standard InChI is InChI=1S/C19H25N5O/c1-23(2)14-10-15-6-8-16(9-7-15)22-18(25)17-5-3-13-24(17)19-20-11-4-12-21-19/h4,6-9,11-12,17H,3,5,10,13-14H2,1-2H3,(H,22,25). The Morgan fingerprint density at radius 3 is 2.64 bits per heavy atom. The molecule has 1 fully saturated rings. The third kappa shape index (κ3) is 4.54. The van der Waals surface area contributed by atoms with Crippen molar-refractivity contribution in [3.05, 3.63) is 48.3 Å². The lowest BCUT2D eigenvalue weighted by atomic mass is 10.1. The predicted octanol–water partition coefficient (Wildman–Crippen LogP) is 2.19. The van der Waals surface area contributed by atoms with Gasteiger partial charge in [0, 0.05) is 31.2 Å². The van der Waals surface area contributed by atoms with Crippen molar-refractivity contribution in [2.75, 3.05) is 37.4 Å². The number of likely N-dealkylation sites (N-methyl/N-ethyl adjacent to an activating group) is 1. The number of benzene rings is 1. The van der Waals surface area contributed by atoms with Gasteiger partial charge in [0.25, 0.3) is 0 Å². The van der Waals surface area contributed by atoms with Gasteiger partial charge in [-0.2, -0.15) is 0 Å². The fraction of sp³-hybridized carbons (Fsp3) is 0.421. The molecule has 3 rings (SSSR count). The number of nitrogens with one attached hydrogen (secondary N) is 1. The van der Waals surface area contributed by atoms with Crippen LogP contribution in [-0.2, 0) is 11.2 Å². The van der Waals surface area contributed by atoms with Crippen LogP contribution in [0.4, 0.5) is 11.6 Å². The Bertz CT molecular complexity index is 687. The van der Waals surface area contributed by atoms with Gasteiger partial charge in [-0.15, -0.1) is 0 Å². The van der Waals surface area contributed by atoms with Crippen LogP contribution in [0.5, 0.6) is 0 Å². The molecule has 1 saturated heterocycles. The maximum atomic E-state index is 12.7. The lowest BCUT2D eigenvalue weighted by Gasteiger charge is -2.23. The monoisotopic (exact) mass is 339 g/mol. The Morgan fingerprint density at radius 1 is 1.24 bits per heavy atom. The largest absolute Gasteiger partial charge is 0.329 e. The van der Waals surface area contributed by atoms with Crippen LogP contribution in [0.2, 0.25) is 0 Å². The van der Waals surface area contributed by atoms with Crippen LogP contribution in [0.1, 0.15) is 18.4 Å². The zero-order valence-electron chi connectivity index (χ0n) is 14.9. The first-order valence-corrected chi connectivity index (χ1v) is 8.71. The molecular formula is C19H25N5O. The average Bonchev–Trinajstić information content (AvgIpc) is 3.12. The number of aromatic nitrogens is 2. The number of hydrogen-bond donors (Lipinski definition) is 1. The molecule has 1 aromatic carbocycles. The number of carbonyl (C=O) groups excluding carboxylic acids is 1. The molecule has 1 aliphatic rings. The number of amides is 1. The van der Waals surface area contributed by atoms with Crippen molar-refractivity contribution in [2.24, 2.45) is 0 Å². The van der Waals surface area contributed by atoms with E-state index in [0.29, 0.717) is 5.95 Å². The minimum Gasteiger partial charge on any atom is -0.329 e. The molecule has 1 aliphatic heterocycles. The van der Waals surface area contributed by atoms with E-state index in [0.717, 1.165) is 38.0 Å². The zero-order valence-corrected chi connectivity index (χ0v) is 14.9. The molecule has 132 valence electrons. The van der Waals surface area contributed by atoms with Crippen molar-refractivity contribution >= 4 is 17.5 Å². The van der Waals surface area contributed by atoms with Crippen molar-refractivity contribution in [2.45, 2.75) is 25.3 Å². The van der Waals surface area contributed by atoms with Gasteiger partial charge in [0.1, 0.15) is 6.04 Å². The van der Waals surface area contributed by atoms with E-state index in [9.17, 15) is 4.79 Å². The predicted molar refractivity (Wildman–Crippen MR) is 99.7 cm³/mol. The fourth-order valence-corrected chi connectivity index (χ4v) is 3.05. The summed E-state index contributed by atoms with van der Waals surface area (Å²) in [6.45, 7) is 1.82.